The van der Waals surface area contributed by atoms with Crippen molar-refractivity contribution >= 4 is 22.5 Å². The number of aromatic nitrogens is 2. The van der Waals surface area contributed by atoms with E-state index in [2.05, 4.69) is 10.3 Å². The summed E-state index contributed by atoms with van der Waals surface area (Å²) in [5.41, 5.74) is 1.21. The first-order valence-corrected chi connectivity index (χ1v) is 10.3. The van der Waals surface area contributed by atoms with Gasteiger partial charge in [-0.05, 0) is 37.1 Å². The van der Waals surface area contributed by atoms with E-state index in [-0.39, 0.29) is 17.9 Å². The van der Waals surface area contributed by atoms with Crippen LogP contribution in [0.15, 0.2) is 47.3 Å². The van der Waals surface area contributed by atoms with Crippen LogP contribution < -0.4 is 20.3 Å². The van der Waals surface area contributed by atoms with Gasteiger partial charge in [0.25, 0.3) is 11.3 Å². The van der Waals surface area contributed by atoms with E-state index in [1.165, 1.54) is 4.57 Å². The molecule has 1 N–H and O–H groups in total. The summed E-state index contributed by atoms with van der Waals surface area (Å²) in [4.78, 5) is 29.5. The number of aryl methyl sites for hydroxylation is 1. The SMILES string of the molecule is Cn1c(CCC(=O)Nc2ccc3c(c2)OC2(CCCC2)O3)nc2ccccc2c1=O. The van der Waals surface area contributed by atoms with E-state index < -0.39 is 5.79 Å². The van der Waals surface area contributed by atoms with Crippen molar-refractivity contribution in [1.82, 2.24) is 9.55 Å². The van der Waals surface area contributed by atoms with Crippen LogP contribution >= 0.6 is 0 Å². The van der Waals surface area contributed by atoms with Gasteiger partial charge in [0, 0.05) is 44.5 Å². The maximum Gasteiger partial charge on any atom is 0.261 e. The molecule has 1 amide bonds. The molecular weight excluding hydrogens is 382 g/mol. The quantitative estimate of drug-likeness (QED) is 0.718. The summed E-state index contributed by atoms with van der Waals surface area (Å²) >= 11 is 0. The van der Waals surface area contributed by atoms with Gasteiger partial charge in [-0.3, -0.25) is 14.2 Å². The molecule has 0 radical (unpaired) electrons. The van der Waals surface area contributed by atoms with Crippen molar-refractivity contribution in [3.8, 4) is 11.5 Å². The maximum atomic E-state index is 12.5. The average molecular weight is 405 g/mol. The van der Waals surface area contributed by atoms with E-state index >= 15 is 0 Å². The Morgan fingerprint density at radius 1 is 1.13 bits per heavy atom. The first-order chi connectivity index (χ1) is 14.5. The van der Waals surface area contributed by atoms with Crippen LogP contribution in [0.2, 0.25) is 0 Å². The zero-order valence-corrected chi connectivity index (χ0v) is 16.8. The van der Waals surface area contributed by atoms with E-state index in [4.69, 9.17) is 9.47 Å². The first-order valence-electron chi connectivity index (χ1n) is 10.3. The maximum absolute atomic E-state index is 12.5. The third kappa shape index (κ3) is 3.30. The van der Waals surface area contributed by atoms with Crippen molar-refractivity contribution in [1.29, 1.82) is 0 Å². The minimum atomic E-state index is -0.516. The molecule has 0 unspecified atom stereocenters. The monoisotopic (exact) mass is 405 g/mol. The highest BCUT2D eigenvalue weighted by molar-refractivity contribution is 5.91. The minimum absolute atomic E-state index is 0.104. The predicted molar refractivity (Wildman–Crippen MR) is 113 cm³/mol. The number of hydrogen-bond donors (Lipinski definition) is 1. The molecule has 154 valence electrons. The molecule has 2 heterocycles. The first kappa shape index (κ1) is 18.7. The van der Waals surface area contributed by atoms with Crippen LogP contribution in [0.25, 0.3) is 10.9 Å². The van der Waals surface area contributed by atoms with Gasteiger partial charge in [0.1, 0.15) is 5.82 Å². The Balaban J connectivity index is 1.26. The second kappa shape index (κ2) is 7.16. The number of ether oxygens (including phenoxy) is 2. The lowest BCUT2D eigenvalue weighted by molar-refractivity contribution is -0.116. The van der Waals surface area contributed by atoms with Gasteiger partial charge < -0.3 is 14.8 Å². The van der Waals surface area contributed by atoms with E-state index in [0.717, 1.165) is 31.4 Å². The number of carbonyl (C=O) groups is 1. The number of para-hydroxylation sites is 1. The molecule has 1 aliphatic carbocycles. The largest absolute Gasteiger partial charge is 0.448 e. The van der Waals surface area contributed by atoms with Crippen LogP contribution in [0.3, 0.4) is 0 Å². The van der Waals surface area contributed by atoms with Gasteiger partial charge in [0.2, 0.25) is 5.91 Å². The van der Waals surface area contributed by atoms with Crippen molar-refractivity contribution in [3.05, 3.63) is 58.6 Å². The number of rotatable bonds is 4. The molecule has 2 aromatic carbocycles. The Labute approximate surface area is 173 Å². The zero-order valence-electron chi connectivity index (χ0n) is 16.8. The molecule has 1 aromatic heterocycles. The van der Waals surface area contributed by atoms with E-state index in [9.17, 15) is 9.59 Å². The molecule has 0 bridgehead atoms. The lowest BCUT2D eigenvalue weighted by atomic mass is 10.2. The van der Waals surface area contributed by atoms with Gasteiger partial charge in [-0.15, -0.1) is 0 Å². The molecule has 2 aliphatic rings. The van der Waals surface area contributed by atoms with Crippen LogP contribution in [-0.4, -0.2) is 21.2 Å². The van der Waals surface area contributed by atoms with E-state index in [1.54, 1.807) is 13.1 Å². The second-order valence-corrected chi connectivity index (χ2v) is 7.94. The zero-order chi connectivity index (χ0) is 20.7. The number of anilines is 1. The number of amides is 1. The van der Waals surface area contributed by atoms with Crippen molar-refractivity contribution in [2.24, 2.45) is 7.05 Å². The van der Waals surface area contributed by atoms with Crippen molar-refractivity contribution in [3.63, 3.8) is 0 Å². The molecule has 1 saturated carbocycles. The summed E-state index contributed by atoms with van der Waals surface area (Å²) < 4.78 is 13.6. The molecular formula is C23H23N3O4. The van der Waals surface area contributed by atoms with Crippen LogP contribution in [0.1, 0.15) is 37.9 Å². The highest BCUT2D eigenvalue weighted by Gasteiger charge is 2.44. The fourth-order valence-corrected chi connectivity index (χ4v) is 4.23. The molecule has 0 saturated heterocycles. The molecule has 3 aromatic rings. The molecule has 1 aliphatic heterocycles. The molecule has 7 heteroatoms. The van der Waals surface area contributed by atoms with Crippen molar-refractivity contribution in [2.75, 3.05) is 5.32 Å². The Morgan fingerprint density at radius 3 is 2.73 bits per heavy atom. The fourth-order valence-electron chi connectivity index (χ4n) is 4.23. The predicted octanol–water partition coefficient (Wildman–Crippen LogP) is 3.55. The van der Waals surface area contributed by atoms with E-state index in [0.29, 0.717) is 34.6 Å². The lowest BCUT2D eigenvalue weighted by Gasteiger charge is -2.21. The lowest BCUT2D eigenvalue weighted by Crippen LogP contribution is -2.34. The Kier molecular flexibility index (Phi) is 4.46. The molecule has 0 atom stereocenters. The van der Waals surface area contributed by atoms with Crippen LogP contribution in [0.5, 0.6) is 11.5 Å². The number of carbonyl (C=O) groups excluding carboxylic acids is 1. The molecule has 5 rings (SSSR count). The summed E-state index contributed by atoms with van der Waals surface area (Å²) in [5, 5.41) is 3.48. The molecule has 1 spiro atoms. The number of fused-ring (bicyclic) bond motifs is 2. The number of nitrogens with one attached hydrogen (secondary N) is 1. The smallest absolute Gasteiger partial charge is 0.261 e. The Hall–Kier alpha value is -3.35. The fraction of sp³-hybridized carbons (Fsp3) is 0.348. The third-order valence-corrected chi connectivity index (χ3v) is 5.84. The van der Waals surface area contributed by atoms with Crippen LogP contribution in [-0.2, 0) is 18.3 Å². The van der Waals surface area contributed by atoms with Gasteiger partial charge in [0.05, 0.1) is 10.9 Å². The van der Waals surface area contributed by atoms with Crippen molar-refractivity contribution < 1.29 is 14.3 Å². The second-order valence-electron chi connectivity index (χ2n) is 7.94. The third-order valence-electron chi connectivity index (χ3n) is 5.84. The Morgan fingerprint density at radius 2 is 1.90 bits per heavy atom. The van der Waals surface area contributed by atoms with Crippen molar-refractivity contribution in [2.45, 2.75) is 44.3 Å². The number of benzene rings is 2. The molecule has 30 heavy (non-hydrogen) atoms. The van der Waals surface area contributed by atoms with E-state index in [1.807, 2.05) is 36.4 Å². The Bertz CT molecular complexity index is 1190. The highest BCUT2D eigenvalue weighted by Crippen LogP contribution is 2.47. The van der Waals surface area contributed by atoms with Crippen LogP contribution in [0, 0.1) is 0 Å². The molecule has 1 fully saturated rings. The van der Waals surface area contributed by atoms with Gasteiger partial charge >= 0.3 is 0 Å². The number of hydrogen-bond acceptors (Lipinski definition) is 5. The normalized spacial score (nSPS) is 16.3. The summed E-state index contributed by atoms with van der Waals surface area (Å²) in [6.07, 6.45) is 4.57. The standard InChI is InChI=1S/C23H23N3O4/c1-26-20(25-17-7-3-2-6-16(17)22(26)28)10-11-21(27)24-15-8-9-18-19(14-15)30-23(29-18)12-4-5-13-23/h2-3,6-9,14H,4-5,10-13H2,1H3,(H,24,27). The number of nitrogens with zero attached hydrogens (tertiary/aromatic N) is 2. The summed E-state index contributed by atoms with van der Waals surface area (Å²) in [7, 11) is 1.69. The van der Waals surface area contributed by atoms with Crippen LogP contribution in [0.4, 0.5) is 5.69 Å². The minimum Gasteiger partial charge on any atom is -0.448 e. The highest BCUT2D eigenvalue weighted by atomic mass is 16.7. The van der Waals surface area contributed by atoms with Gasteiger partial charge in [-0.25, -0.2) is 4.98 Å². The summed E-state index contributed by atoms with van der Waals surface area (Å²) in [6.45, 7) is 0. The van der Waals surface area contributed by atoms with Gasteiger partial charge in [0.15, 0.2) is 11.5 Å². The summed E-state index contributed by atoms with van der Waals surface area (Å²) in [5.74, 6) is 1.32. The average Bonchev–Trinajstić information content (AvgIpc) is 3.35. The molecule has 7 nitrogen and oxygen atoms in total. The van der Waals surface area contributed by atoms with Gasteiger partial charge in [-0.1, -0.05) is 12.1 Å². The summed E-state index contributed by atoms with van der Waals surface area (Å²) in [6, 6.07) is 12.7. The van der Waals surface area contributed by atoms with Gasteiger partial charge in [-0.2, -0.15) is 0 Å². The topological polar surface area (TPSA) is 82.5 Å².